The maximum Gasteiger partial charge on any atom is 0.323 e. The van der Waals surface area contributed by atoms with E-state index in [1.807, 2.05) is 42.5 Å². The summed E-state index contributed by atoms with van der Waals surface area (Å²) in [7, 11) is 1.58. The van der Waals surface area contributed by atoms with Crippen molar-refractivity contribution in [1.82, 2.24) is 5.32 Å². The Morgan fingerprint density at radius 1 is 1.12 bits per heavy atom. The number of amides is 3. The quantitative estimate of drug-likeness (QED) is 0.454. The van der Waals surface area contributed by atoms with Crippen LogP contribution in [-0.4, -0.2) is 62.2 Å². The molecule has 176 valence electrons. The minimum absolute atomic E-state index is 0.0541. The summed E-state index contributed by atoms with van der Waals surface area (Å²) < 4.78 is 17.0. The molecule has 1 saturated heterocycles. The monoisotopic (exact) mass is 455 g/mol. The first-order valence-electron chi connectivity index (χ1n) is 11.0. The van der Waals surface area contributed by atoms with Crippen molar-refractivity contribution in [3.8, 4) is 5.75 Å². The minimum atomic E-state index is -0.536. The lowest BCUT2D eigenvalue weighted by Gasteiger charge is -2.37. The highest BCUT2D eigenvalue weighted by Gasteiger charge is 2.46. The van der Waals surface area contributed by atoms with E-state index in [4.69, 9.17) is 14.2 Å². The van der Waals surface area contributed by atoms with Crippen molar-refractivity contribution in [2.45, 2.75) is 37.1 Å². The van der Waals surface area contributed by atoms with Gasteiger partial charge in [-0.3, -0.25) is 4.79 Å². The molecule has 0 saturated carbocycles. The summed E-state index contributed by atoms with van der Waals surface area (Å²) in [6.07, 6.45) is -0.461. The van der Waals surface area contributed by atoms with Gasteiger partial charge in [-0.15, -0.1) is 0 Å². The third-order valence-corrected chi connectivity index (χ3v) is 5.83. The summed E-state index contributed by atoms with van der Waals surface area (Å²) in [5.41, 5.74) is 2.26. The fourth-order valence-electron chi connectivity index (χ4n) is 4.35. The molecule has 4 rings (SSSR count). The Morgan fingerprint density at radius 3 is 2.67 bits per heavy atom. The van der Waals surface area contributed by atoms with Crippen molar-refractivity contribution in [3.05, 3.63) is 54.1 Å². The fourth-order valence-corrected chi connectivity index (χ4v) is 4.35. The van der Waals surface area contributed by atoms with Gasteiger partial charge in [0, 0.05) is 36.5 Å². The molecule has 0 spiro atoms. The van der Waals surface area contributed by atoms with Crippen LogP contribution >= 0.6 is 0 Å². The molecule has 3 amide bonds. The third kappa shape index (κ3) is 5.62. The van der Waals surface area contributed by atoms with Crippen LogP contribution in [0.1, 0.15) is 24.3 Å². The highest BCUT2D eigenvalue weighted by molar-refractivity contribution is 5.99. The number of anilines is 2. The molecule has 2 aromatic carbocycles. The molecule has 33 heavy (non-hydrogen) atoms. The molecule has 0 unspecified atom stereocenters. The molecule has 2 heterocycles. The first-order valence-corrected chi connectivity index (χ1v) is 11.0. The standard InChI is InChI=1S/C24H29N3O6/c1-31-10-9-25-22(29)13-17-12-19-18-11-16(27-24(30)26-15-5-3-2-4-6-15)7-8-20(18)33-23(19)21(14-28)32-17/h2-8,11,17,19,21,23,28H,9-10,12-14H2,1H3,(H,25,29)(H2,26,27,30)/t17-,19+,21-,23-/m0/s1. The van der Waals surface area contributed by atoms with E-state index in [1.165, 1.54) is 0 Å². The number of carbonyl (C=O) groups is 2. The van der Waals surface area contributed by atoms with Crippen molar-refractivity contribution in [3.63, 3.8) is 0 Å². The number of urea groups is 1. The average molecular weight is 456 g/mol. The Labute approximate surface area is 192 Å². The van der Waals surface area contributed by atoms with Gasteiger partial charge in [0.1, 0.15) is 18.0 Å². The molecule has 0 radical (unpaired) electrons. The molecular formula is C24H29N3O6. The van der Waals surface area contributed by atoms with Gasteiger partial charge in [-0.05, 0) is 36.8 Å². The maximum absolute atomic E-state index is 12.4. The summed E-state index contributed by atoms with van der Waals surface area (Å²) in [4.78, 5) is 24.6. The van der Waals surface area contributed by atoms with Crippen LogP contribution in [0.2, 0.25) is 0 Å². The number of hydrogen-bond acceptors (Lipinski definition) is 6. The van der Waals surface area contributed by atoms with E-state index in [0.717, 1.165) is 5.56 Å². The van der Waals surface area contributed by atoms with Gasteiger partial charge in [0.2, 0.25) is 5.91 Å². The summed E-state index contributed by atoms with van der Waals surface area (Å²) in [5, 5.41) is 18.3. The third-order valence-electron chi connectivity index (χ3n) is 5.83. The van der Waals surface area contributed by atoms with Crippen LogP contribution in [0.25, 0.3) is 0 Å². The topological polar surface area (TPSA) is 118 Å². The van der Waals surface area contributed by atoms with Gasteiger partial charge in [-0.25, -0.2) is 4.79 Å². The zero-order valence-electron chi connectivity index (χ0n) is 18.5. The van der Waals surface area contributed by atoms with E-state index < -0.39 is 6.10 Å². The average Bonchev–Trinajstić information content (AvgIpc) is 3.17. The van der Waals surface area contributed by atoms with Gasteiger partial charge in [-0.2, -0.15) is 0 Å². The van der Waals surface area contributed by atoms with Crippen molar-refractivity contribution in [1.29, 1.82) is 0 Å². The lowest BCUT2D eigenvalue weighted by atomic mass is 9.84. The van der Waals surface area contributed by atoms with Crippen molar-refractivity contribution < 1.29 is 28.9 Å². The van der Waals surface area contributed by atoms with Crippen molar-refractivity contribution in [2.24, 2.45) is 0 Å². The number of methoxy groups -OCH3 is 1. The van der Waals surface area contributed by atoms with Crippen LogP contribution < -0.4 is 20.7 Å². The van der Waals surface area contributed by atoms with E-state index in [1.54, 1.807) is 13.2 Å². The molecule has 2 aliphatic rings. The maximum atomic E-state index is 12.4. The molecule has 0 aromatic heterocycles. The molecular weight excluding hydrogens is 426 g/mol. The Kier molecular flexibility index (Phi) is 7.43. The van der Waals surface area contributed by atoms with Crippen LogP contribution in [0.5, 0.6) is 5.75 Å². The molecule has 9 heteroatoms. The van der Waals surface area contributed by atoms with Gasteiger partial charge >= 0.3 is 6.03 Å². The highest BCUT2D eigenvalue weighted by Crippen LogP contribution is 2.47. The Balaban J connectivity index is 1.43. The molecule has 0 bridgehead atoms. The number of aliphatic hydroxyl groups is 1. The molecule has 1 fully saturated rings. The molecule has 4 atom stereocenters. The van der Waals surface area contributed by atoms with Gasteiger partial charge in [0.15, 0.2) is 0 Å². The number of para-hydroxylation sites is 1. The van der Waals surface area contributed by atoms with Gasteiger partial charge in [0.25, 0.3) is 0 Å². The normalized spacial score (nSPS) is 23.1. The molecule has 4 N–H and O–H groups in total. The van der Waals surface area contributed by atoms with Crippen LogP contribution in [0.15, 0.2) is 48.5 Å². The number of carbonyl (C=O) groups excluding carboxylic acids is 2. The smallest absolute Gasteiger partial charge is 0.323 e. The van der Waals surface area contributed by atoms with Crippen molar-refractivity contribution >= 4 is 23.3 Å². The van der Waals surface area contributed by atoms with E-state index in [9.17, 15) is 14.7 Å². The first-order chi connectivity index (χ1) is 16.1. The van der Waals surface area contributed by atoms with Crippen LogP contribution in [-0.2, 0) is 14.3 Å². The van der Waals surface area contributed by atoms with Crippen LogP contribution in [0.3, 0.4) is 0 Å². The first kappa shape index (κ1) is 23.0. The van der Waals surface area contributed by atoms with Gasteiger partial charge in [0.05, 0.1) is 25.7 Å². The highest BCUT2D eigenvalue weighted by atomic mass is 16.6. The molecule has 2 aliphatic heterocycles. The lowest BCUT2D eigenvalue weighted by molar-refractivity contribution is -0.142. The van der Waals surface area contributed by atoms with E-state index in [2.05, 4.69) is 16.0 Å². The second-order valence-electron chi connectivity index (χ2n) is 8.15. The summed E-state index contributed by atoms with van der Waals surface area (Å²) >= 11 is 0. The van der Waals surface area contributed by atoms with E-state index in [0.29, 0.717) is 36.7 Å². The SMILES string of the molecule is COCCNC(=O)C[C@@H]1C[C@@H]2c3cc(NC(=O)Nc4ccccc4)ccc3O[C@@H]2[C@H](CO)O1. The van der Waals surface area contributed by atoms with Gasteiger partial charge in [-0.1, -0.05) is 18.2 Å². The van der Waals surface area contributed by atoms with Gasteiger partial charge < -0.3 is 35.3 Å². The Hall–Kier alpha value is -3.14. The minimum Gasteiger partial charge on any atom is -0.487 e. The van der Waals surface area contributed by atoms with Crippen LogP contribution in [0, 0.1) is 0 Å². The number of fused-ring (bicyclic) bond motifs is 3. The molecule has 9 nitrogen and oxygen atoms in total. The Morgan fingerprint density at radius 2 is 1.91 bits per heavy atom. The second kappa shape index (κ2) is 10.7. The largest absolute Gasteiger partial charge is 0.487 e. The number of hydrogen-bond donors (Lipinski definition) is 4. The number of rotatable bonds is 8. The second-order valence-corrected chi connectivity index (χ2v) is 8.15. The summed E-state index contributed by atoms with van der Waals surface area (Å²) in [5.74, 6) is 0.521. The molecule has 2 aromatic rings. The van der Waals surface area contributed by atoms with E-state index in [-0.39, 0.29) is 43.1 Å². The predicted octanol–water partition coefficient (Wildman–Crippen LogP) is 2.48. The number of nitrogens with one attached hydrogen (secondary N) is 3. The zero-order chi connectivity index (χ0) is 23.2. The van der Waals surface area contributed by atoms with E-state index >= 15 is 0 Å². The van der Waals surface area contributed by atoms with Crippen LogP contribution in [0.4, 0.5) is 16.2 Å². The Bertz CT molecular complexity index is 970. The summed E-state index contributed by atoms with van der Waals surface area (Å²) in [6, 6.07) is 14.3. The summed E-state index contributed by atoms with van der Waals surface area (Å²) in [6.45, 7) is 0.668. The fraction of sp³-hybridized carbons (Fsp3) is 0.417. The number of aliphatic hydroxyl groups excluding tert-OH is 1. The lowest BCUT2D eigenvalue weighted by Crippen LogP contribution is -2.47. The predicted molar refractivity (Wildman–Crippen MR) is 123 cm³/mol. The number of ether oxygens (including phenoxy) is 3. The number of benzene rings is 2. The molecule has 0 aliphatic carbocycles. The zero-order valence-corrected chi connectivity index (χ0v) is 18.5. The van der Waals surface area contributed by atoms with Crippen molar-refractivity contribution in [2.75, 3.05) is 37.5 Å².